The molecule has 1 aliphatic rings. The topological polar surface area (TPSA) is 46.2 Å². The van der Waals surface area contributed by atoms with Crippen LogP contribution in [0.4, 0.5) is 0 Å². The number of hydrogen-bond acceptors (Lipinski definition) is 2. The first-order valence-electron chi connectivity index (χ1n) is 5.27. The quantitative estimate of drug-likeness (QED) is 0.929. The van der Waals surface area contributed by atoms with Crippen LogP contribution in [-0.4, -0.2) is 14.5 Å². The fourth-order valence-electron chi connectivity index (χ4n) is 1.64. The zero-order valence-electron chi connectivity index (χ0n) is 8.98. The van der Waals surface area contributed by atoms with Crippen LogP contribution < -0.4 is 4.72 Å². The molecule has 16 heavy (non-hydrogen) atoms. The van der Waals surface area contributed by atoms with E-state index in [0.29, 0.717) is 10.8 Å². The second-order valence-corrected chi connectivity index (χ2v) is 6.83. The monoisotopic (exact) mass is 303 g/mol. The summed E-state index contributed by atoms with van der Waals surface area (Å²) >= 11 is 3.27. The summed E-state index contributed by atoms with van der Waals surface area (Å²) in [5, 5.41) is 0. The van der Waals surface area contributed by atoms with Crippen molar-refractivity contribution in [3.8, 4) is 0 Å². The highest BCUT2D eigenvalue weighted by Gasteiger charge is 2.31. The van der Waals surface area contributed by atoms with Gasteiger partial charge in [0.2, 0.25) is 10.0 Å². The van der Waals surface area contributed by atoms with Crippen LogP contribution in [0, 0.1) is 5.92 Å². The molecule has 1 N–H and O–H groups in total. The smallest absolute Gasteiger partial charge is 0.208 e. The van der Waals surface area contributed by atoms with Crippen LogP contribution in [0.2, 0.25) is 0 Å². The summed E-state index contributed by atoms with van der Waals surface area (Å²) in [6, 6.07) is 6.78. The maximum absolute atomic E-state index is 12.0. The highest BCUT2D eigenvalue weighted by atomic mass is 79.9. The first-order valence-corrected chi connectivity index (χ1v) is 7.54. The van der Waals surface area contributed by atoms with Crippen molar-refractivity contribution in [2.45, 2.75) is 30.7 Å². The third-order valence-electron chi connectivity index (χ3n) is 2.78. The van der Waals surface area contributed by atoms with Crippen molar-refractivity contribution in [3.63, 3.8) is 0 Å². The molecule has 1 aliphatic carbocycles. The van der Waals surface area contributed by atoms with Gasteiger partial charge in [-0.2, -0.15) is 0 Å². The Labute approximate surface area is 104 Å². The third kappa shape index (κ3) is 2.84. The predicted octanol–water partition coefficient (Wildman–Crippen LogP) is 2.53. The molecule has 1 fully saturated rings. The zero-order valence-corrected chi connectivity index (χ0v) is 11.4. The Bertz CT molecular complexity index is 483. The standard InChI is InChI=1S/C11H14BrNO2S/c1-8(9-5-6-9)13-16(14,15)11-4-2-3-10(12)7-11/h2-4,7-9,13H,5-6H2,1H3/t8-/m1/s1. The molecule has 0 amide bonds. The summed E-state index contributed by atoms with van der Waals surface area (Å²) in [5.74, 6) is 0.516. The van der Waals surface area contributed by atoms with Gasteiger partial charge >= 0.3 is 0 Å². The molecule has 5 heteroatoms. The maximum Gasteiger partial charge on any atom is 0.240 e. The third-order valence-corrected chi connectivity index (χ3v) is 4.83. The molecule has 0 bridgehead atoms. The fraction of sp³-hybridized carbons (Fsp3) is 0.455. The van der Waals surface area contributed by atoms with Gasteiger partial charge in [0.15, 0.2) is 0 Å². The Kier molecular flexibility index (Phi) is 3.37. The Balaban J connectivity index is 2.17. The number of sulfonamides is 1. The molecule has 88 valence electrons. The number of halogens is 1. The normalized spacial score (nSPS) is 18.4. The van der Waals surface area contributed by atoms with Crippen molar-refractivity contribution in [1.82, 2.24) is 4.72 Å². The molecule has 2 rings (SSSR count). The molecule has 3 nitrogen and oxygen atoms in total. The van der Waals surface area contributed by atoms with Crippen molar-refractivity contribution >= 4 is 26.0 Å². The van der Waals surface area contributed by atoms with Gasteiger partial charge in [-0.3, -0.25) is 0 Å². The van der Waals surface area contributed by atoms with Gasteiger partial charge in [0.05, 0.1) is 4.90 Å². The minimum atomic E-state index is -3.37. The fourth-order valence-corrected chi connectivity index (χ4v) is 3.55. The van der Waals surface area contributed by atoms with E-state index in [1.54, 1.807) is 18.2 Å². The minimum absolute atomic E-state index is 0.0315. The van der Waals surface area contributed by atoms with E-state index >= 15 is 0 Å². The lowest BCUT2D eigenvalue weighted by Gasteiger charge is -2.13. The van der Waals surface area contributed by atoms with Crippen LogP contribution in [0.15, 0.2) is 33.6 Å². The summed E-state index contributed by atoms with van der Waals surface area (Å²) in [7, 11) is -3.37. The molecule has 0 unspecified atom stereocenters. The summed E-state index contributed by atoms with van der Waals surface area (Å²) in [6.45, 7) is 1.92. The minimum Gasteiger partial charge on any atom is -0.208 e. The van der Waals surface area contributed by atoms with Crippen molar-refractivity contribution in [3.05, 3.63) is 28.7 Å². The predicted molar refractivity (Wildman–Crippen MR) is 66.6 cm³/mol. The van der Waals surface area contributed by atoms with E-state index in [2.05, 4.69) is 20.7 Å². The van der Waals surface area contributed by atoms with Gasteiger partial charge in [0.1, 0.15) is 0 Å². The first-order chi connectivity index (χ1) is 7.49. The molecular formula is C11H14BrNO2S. The van der Waals surface area contributed by atoms with Gasteiger partial charge in [-0.15, -0.1) is 0 Å². The lowest BCUT2D eigenvalue weighted by atomic mass is 10.2. The number of benzene rings is 1. The molecule has 0 spiro atoms. The van der Waals surface area contributed by atoms with E-state index in [9.17, 15) is 8.42 Å². The van der Waals surface area contributed by atoms with Crippen LogP contribution in [0.5, 0.6) is 0 Å². The molecular weight excluding hydrogens is 290 g/mol. The van der Waals surface area contributed by atoms with Crippen molar-refractivity contribution in [1.29, 1.82) is 0 Å². The van der Waals surface area contributed by atoms with Crippen LogP contribution in [-0.2, 0) is 10.0 Å². The SMILES string of the molecule is C[C@@H](NS(=O)(=O)c1cccc(Br)c1)C1CC1. The summed E-state index contributed by atoms with van der Waals surface area (Å²) in [6.07, 6.45) is 2.25. The van der Waals surface area contributed by atoms with Gasteiger partial charge in [0, 0.05) is 10.5 Å². The van der Waals surface area contributed by atoms with E-state index < -0.39 is 10.0 Å². The van der Waals surface area contributed by atoms with Gasteiger partial charge in [-0.25, -0.2) is 13.1 Å². The average Bonchev–Trinajstić information content (AvgIpc) is 3.00. The molecule has 1 aromatic carbocycles. The van der Waals surface area contributed by atoms with Gasteiger partial charge in [0.25, 0.3) is 0 Å². The lowest BCUT2D eigenvalue weighted by molar-refractivity contribution is 0.538. The van der Waals surface area contributed by atoms with E-state index in [1.165, 1.54) is 0 Å². The number of rotatable bonds is 4. The Hall–Kier alpha value is -0.390. The van der Waals surface area contributed by atoms with E-state index in [1.807, 2.05) is 13.0 Å². The van der Waals surface area contributed by atoms with Crippen LogP contribution >= 0.6 is 15.9 Å². The second-order valence-electron chi connectivity index (χ2n) is 4.20. The molecule has 1 atom stereocenters. The summed E-state index contributed by atoms with van der Waals surface area (Å²) in [5.41, 5.74) is 0. The highest BCUT2D eigenvalue weighted by Crippen LogP contribution is 2.33. The number of hydrogen-bond donors (Lipinski definition) is 1. The van der Waals surface area contributed by atoms with Gasteiger partial charge in [-0.05, 0) is 43.9 Å². The lowest BCUT2D eigenvalue weighted by Crippen LogP contribution is -2.33. The molecule has 0 aromatic heterocycles. The molecule has 1 saturated carbocycles. The summed E-state index contributed by atoms with van der Waals surface area (Å²) < 4.78 is 27.5. The van der Waals surface area contributed by atoms with Crippen molar-refractivity contribution < 1.29 is 8.42 Å². The zero-order chi connectivity index (χ0) is 11.8. The van der Waals surface area contributed by atoms with Crippen LogP contribution in [0.3, 0.4) is 0 Å². The molecule has 1 aromatic rings. The second kappa shape index (κ2) is 4.47. The average molecular weight is 304 g/mol. The first kappa shape index (κ1) is 12.1. The Morgan fingerprint density at radius 3 is 2.69 bits per heavy atom. The summed E-state index contributed by atoms with van der Waals surface area (Å²) in [4.78, 5) is 0.314. The van der Waals surface area contributed by atoms with E-state index in [-0.39, 0.29) is 6.04 Å². The van der Waals surface area contributed by atoms with Gasteiger partial charge in [-0.1, -0.05) is 22.0 Å². The highest BCUT2D eigenvalue weighted by molar-refractivity contribution is 9.10. The molecule has 0 aliphatic heterocycles. The van der Waals surface area contributed by atoms with Crippen molar-refractivity contribution in [2.24, 2.45) is 5.92 Å². The van der Waals surface area contributed by atoms with Crippen molar-refractivity contribution in [2.75, 3.05) is 0 Å². The molecule has 0 radical (unpaired) electrons. The molecule has 0 saturated heterocycles. The largest absolute Gasteiger partial charge is 0.240 e. The molecule has 0 heterocycles. The van der Waals surface area contributed by atoms with Crippen LogP contribution in [0.25, 0.3) is 0 Å². The van der Waals surface area contributed by atoms with E-state index in [4.69, 9.17) is 0 Å². The van der Waals surface area contributed by atoms with E-state index in [0.717, 1.165) is 17.3 Å². The Morgan fingerprint density at radius 1 is 1.44 bits per heavy atom. The number of nitrogens with one attached hydrogen (secondary N) is 1. The van der Waals surface area contributed by atoms with Gasteiger partial charge < -0.3 is 0 Å². The van der Waals surface area contributed by atoms with Crippen LogP contribution in [0.1, 0.15) is 19.8 Å². The maximum atomic E-state index is 12.0. The Morgan fingerprint density at radius 2 is 2.12 bits per heavy atom.